The predicted octanol–water partition coefficient (Wildman–Crippen LogP) is 6.98. The molecule has 1 aromatic heterocycles. The van der Waals surface area contributed by atoms with Gasteiger partial charge < -0.3 is 0 Å². The lowest BCUT2D eigenvalue weighted by Gasteiger charge is -2.13. The number of hydrogen-bond acceptors (Lipinski definition) is 1. The van der Waals surface area contributed by atoms with Gasteiger partial charge in [0.25, 0.3) is 0 Å². The van der Waals surface area contributed by atoms with Gasteiger partial charge in [-0.2, -0.15) is 5.01 Å². The first-order chi connectivity index (χ1) is 16.8. The molecule has 34 heavy (non-hydrogen) atoms. The fourth-order valence-electron chi connectivity index (χ4n) is 4.71. The quantitative estimate of drug-likeness (QED) is 0.212. The zero-order valence-corrected chi connectivity index (χ0v) is 19.3. The summed E-state index contributed by atoms with van der Waals surface area (Å²) in [6.45, 7) is 3.14. The lowest BCUT2D eigenvalue weighted by Crippen LogP contribution is -2.49. The first-order valence-corrected chi connectivity index (χ1v) is 11.9. The van der Waals surface area contributed by atoms with Gasteiger partial charge >= 0.3 is 0 Å². The van der Waals surface area contributed by atoms with Crippen molar-refractivity contribution in [2.75, 3.05) is 11.6 Å². The van der Waals surface area contributed by atoms with Crippen molar-refractivity contribution in [3.8, 4) is 33.6 Å². The average Bonchev–Trinajstić information content (AvgIpc) is 3.70. The molecule has 1 aliphatic heterocycles. The summed E-state index contributed by atoms with van der Waals surface area (Å²) in [6.07, 6.45) is 0. The fraction of sp³-hybridized carbons (Fsp3) is 0.0938. The van der Waals surface area contributed by atoms with Gasteiger partial charge in [0.15, 0.2) is 0 Å². The van der Waals surface area contributed by atoms with Crippen LogP contribution in [0.15, 0.2) is 127 Å². The predicted molar refractivity (Wildman–Crippen MR) is 140 cm³/mol. The zero-order valence-electron chi connectivity index (χ0n) is 19.3. The lowest BCUT2D eigenvalue weighted by molar-refractivity contribution is -0.655. The van der Waals surface area contributed by atoms with Crippen molar-refractivity contribution in [2.45, 2.75) is 13.0 Å². The maximum atomic E-state index is 2.48. The number of aryl methyl sites for hydroxylation is 1. The van der Waals surface area contributed by atoms with Gasteiger partial charge in [-0.15, -0.1) is 0 Å². The first kappa shape index (κ1) is 20.4. The molecule has 0 saturated carbocycles. The van der Waals surface area contributed by atoms with Crippen LogP contribution in [0.1, 0.15) is 17.2 Å². The molecule has 2 heterocycles. The SMILES string of the molecule is Cc1ccc(C2CN2[n+]2c(-c3ccccc3)cc(-c3ccccc3)cc2-c2ccccc2)cc1. The van der Waals surface area contributed by atoms with Crippen molar-refractivity contribution >= 4 is 0 Å². The summed E-state index contributed by atoms with van der Waals surface area (Å²) in [4.78, 5) is 0. The van der Waals surface area contributed by atoms with Crippen LogP contribution in [0.3, 0.4) is 0 Å². The fourth-order valence-corrected chi connectivity index (χ4v) is 4.71. The van der Waals surface area contributed by atoms with Gasteiger partial charge in [-0.25, -0.2) is 0 Å². The van der Waals surface area contributed by atoms with Gasteiger partial charge in [0, 0.05) is 23.3 Å². The summed E-state index contributed by atoms with van der Waals surface area (Å²) in [5, 5.41) is 2.48. The molecule has 0 aliphatic carbocycles. The van der Waals surface area contributed by atoms with E-state index in [-0.39, 0.29) is 0 Å². The number of benzene rings is 4. The van der Waals surface area contributed by atoms with Crippen molar-refractivity contribution in [3.05, 3.63) is 139 Å². The average molecular weight is 440 g/mol. The summed E-state index contributed by atoms with van der Waals surface area (Å²) in [5.74, 6) is 0. The molecule has 2 nitrogen and oxygen atoms in total. The van der Waals surface area contributed by atoms with E-state index in [0.29, 0.717) is 6.04 Å². The molecule has 1 unspecified atom stereocenters. The highest BCUT2D eigenvalue weighted by molar-refractivity contribution is 5.74. The Labute approximate surface area is 201 Å². The Morgan fingerprint density at radius 3 is 1.53 bits per heavy atom. The van der Waals surface area contributed by atoms with Crippen molar-refractivity contribution in [3.63, 3.8) is 0 Å². The minimum absolute atomic E-state index is 0.373. The van der Waals surface area contributed by atoms with Crippen molar-refractivity contribution < 1.29 is 4.68 Å². The van der Waals surface area contributed by atoms with Crippen LogP contribution in [0.2, 0.25) is 0 Å². The molecule has 2 heteroatoms. The number of aromatic nitrogens is 1. The van der Waals surface area contributed by atoms with E-state index in [4.69, 9.17) is 0 Å². The molecular formula is C32H27N2+. The molecule has 1 atom stereocenters. The van der Waals surface area contributed by atoms with Gasteiger partial charge in [0.2, 0.25) is 11.4 Å². The third-order valence-corrected chi connectivity index (χ3v) is 6.59. The number of hydrogen-bond donors (Lipinski definition) is 0. The molecule has 1 saturated heterocycles. The number of pyridine rings is 1. The second-order valence-electron chi connectivity index (χ2n) is 8.97. The minimum atomic E-state index is 0.373. The van der Waals surface area contributed by atoms with Crippen LogP contribution in [0.5, 0.6) is 0 Å². The Kier molecular flexibility index (Phi) is 5.20. The van der Waals surface area contributed by atoms with Crippen molar-refractivity contribution in [2.24, 2.45) is 0 Å². The van der Waals surface area contributed by atoms with E-state index in [1.54, 1.807) is 0 Å². The van der Waals surface area contributed by atoms with Crippen LogP contribution in [0, 0.1) is 6.92 Å². The summed E-state index contributed by atoms with van der Waals surface area (Å²) in [6, 6.07) is 46.2. The summed E-state index contributed by atoms with van der Waals surface area (Å²) >= 11 is 0. The molecule has 0 N–H and O–H groups in total. The normalized spacial score (nSPS) is 14.7. The van der Waals surface area contributed by atoms with Gasteiger partial charge in [0.1, 0.15) is 12.6 Å². The Hall–Kier alpha value is -4.17. The van der Waals surface area contributed by atoms with E-state index in [1.807, 2.05) is 0 Å². The van der Waals surface area contributed by atoms with E-state index in [2.05, 4.69) is 144 Å². The smallest absolute Gasteiger partial charge is 0.168 e. The Morgan fingerprint density at radius 1 is 0.559 bits per heavy atom. The maximum absolute atomic E-state index is 2.48. The molecule has 0 spiro atoms. The zero-order chi connectivity index (χ0) is 22.9. The van der Waals surface area contributed by atoms with Crippen molar-refractivity contribution in [1.82, 2.24) is 0 Å². The standard InChI is InChI=1S/C32H27N2/c1-24-17-19-28(20-18-24)32-23-33(32)34-30(26-13-7-3-8-14-26)21-29(25-11-5-2-6-12-25)22-31(34)27-15-9-4-10-16-27/h2-22,32H,23H2,1H3/q+1. The van der Waals surface area contributed by atoms with Gasteiger partial charge in [-0.1, -0.05) is 101 Å². The highest BCUT2D eigenvalue weighted by atomic mass is 15.6. The molecule has 1 fully saturated rings. The molecule has 4 aromatic carbocycles. The second-order valence-corrected chi connectivity index (χ2v) is 8.97. The molecule has 0 amide bonds. The van der Waals surface area contributed by atoms with Gasteiger partial charge in [-0.3, -0.25) is 0 Å². The first-order valence-electron chi connectivity index (χ1n) is 11.9. The molecular weight excluding hydrogens is 412 g/mol. The Balaban J connectivity index is 1.57. The minimum Gasteiger partial charge on any atom is -0.168 e. The van der Waals surface area contributed by atoms with E-state index < -0.39 is 0 Å². The third-order valence-electron chi connectivity index (χ3n) is 6.59. The highest BCUT2D eigenvalue weighted by Gasteiger charge is 2.46. The van der Waals surface area contributed by atoms with Crippen molar-refractivity contribution in [1.29, 1.82) is 0 Å². The van der Waals surface area contributed by atoms with Gasteiger partial charge in [-0.05, 0) is 47.9 Å². The monoisotopic (exact) mass is 439 g/mol. The summed E-state index contributed by atoms with van der Waals surface area (Å²) in [7, 11) is 0. The second kappa shape index (κ2) is 8.64. The van der Waals surface area contributed by atoms with Crippen LogP contribution in [-0.4, -0.2) is 6.54 Å². The molecule has 0 bridgehead atoms. The summed E-state index contributed by atoms with van der Waals surface area (Å²) < 4.78 is 2.43. The van der Waals surface area contributed by atoms with E-state index in [9.17, 15) is 0 Å². The molecule has 0 radical (unpaired) electrons. The number of nitrogens with zero attached hydrogens (tertiary/aromatic N) is 2. The Bertz CT molecular complexity index is 1350. The van der Waals surface area contributed by atoms with E-state index in [1.165, 1.54) is 44.8 Å². The topological polar surface area (TPSA) is 6.89 Å². The molecule has 6 rings (SSSR count). The molecule has 164 valence electrons. The lowest BCUT2D eigenvalue weighted by atomic mass is 9.99. The van der Waals surface area contributed by atoms with Crippen LogP contribution in [-0.2, 0) is 0 Å². The molecule has 1 aliphatic rings. The van der Waals surface area contributed by atoms with Gasteiger partial charge in [0.05, 0.1) is 0 Å². The molecule has 5 aromatic rings. The van der Waals surface area contributed by atoms with Crippen LogP contribution < -0.4 is 9.69 Å². The maximum Gasteiger partial charge on any atom is 0.243 e. The number of rotatable bonds is 5. The van der Waals surface area contributed by atoms with Crippen LogP contribution >= 0.6 is 0 Å². The largest absolute Gasteiger partial charge is 0.243 e. The van der Waals surface area contributed by atoms with E-state index >= 15 is 0 Å². The van der Waals surface area contributed by atoms with Crippen LogP contribution in [0.25, 0.3) is 33.6 Å². The summed E-state index contributed by atoms with van der Waals surface area (Å²) in [5.41, 5.74) is 9.95. The van der Waals surface area contributed by atoms with E-state index in [0.717, 1.165) is 6.54 Å². The third kappa shape index (κ3) is 3.88. The highest BCUT2D eigenvalue weighted by Crippen LogP contribution is 2.35. The Morgan fingerprint density at radius 2 is 1.03 bits per heavy atom. The van der Waals surface area contributed by atoms with Crippen LogP contribution in [0.4, 0.5) is 0 Å².